The van der Waals surface area contributed by atoms with Gasteiger partial charge in [0.25, 0.3) is 0 Å². The molecule has 0 radical (unpaired) electrons. The van der Waals surface area contributed by atoms with E-state index in [1.54, 1.807) is 0 Å². The van der Waals surface area contributed by atoms with E-state index in [4.69, 9.17) is 0 Å². The quantitative estimate of drug-likeness (QED) is 0.520. The second kappa shape index (κ2) is 30.3. The minimum atomic E-state index is 1.25. The van der Waals surface area contributed by atoms with E-state index in [-0.39, 0.29) is 0 Å². The molecule has 0 bridgehead atoms. The summed E-state index contributed by atoms with van der Waals surface area (Å²) < 4.78 is 0. The van der Waals surface area contributed by atoms with Crippen LogP contribution >= 0.6 is 0 Å². The Morgan fingerprint density at radius 1 is 0.538 bits per heavy atom. The summed E-state index contributed by atoms with van der Waals surface area (Å²) >= 11 is 0. The first kappa shape index (κ1) is 18.1. The average molecular weight is 182 g/mol. The molecule has 0 nitrogen and oxygen atoms in total. The highest BCUT2D eigenvalue weighted by Gasteiger charge is 1.57. The maximum absolute atomic E-state index is 2.12. The van der Waals surface area contributed by atoms with E-state index >= 15 is 0 Å². The Morgan fingerprint density at radius 3 is 0.692 bits per heavy atom. The third-order valence-electron chi connectivity index (χ3n) is 0.667. The van der Waals surface area contributed by atoms with Gasteiger partial charge in [0.2, 0.25) is 0 Å². The Bertz CT molecular complexity index is 82.9. The molecule has 0 aliphatic carbocycles. The Morgan fingerprint density at radius 2 is 0.615 bits per heavy atom. The summed E-state index contributed by atoms with van der Waals surface area (Å²) in [5.41, 5.74) is 0. The predicted molar refractivity (Wildman–Crippen MR) is 65.1 cm³/mol. The topological polar surface area (TPSA) is 0 Å². The van der Waals surface area contributed by atoms with Crippen molar-refractivity contribution in [2.45, 2.75) is 48.0 Å². The van der Waals surface area contributed by atoms with Crippen LogP contribution in [0.3, 0.4) is 0 Å². The predicted octanol–water partition coefficient (Wildman–Crippen LogP) is 5.16. The standard InChI is InChI=1S/C6H6.C3H8.2C2H6/c1-2-4-6-5-3-1;1-3-2;2*1-2/h1-6H;3H2,1-2H3;2*1-2H3. The third kappa shape index (κ3) is 35.0. The number of hydrogen-bond donors (Lipinski definition) is 0. The van der Waals surface area contributed by atoms with Crippen molar-refractivity contribution in [3.05, 3.63) is 36.4 Å². The molecular formula is C13H26. The fourth-order valence-corrected chi connectivity index (χ4v) is 0.385. The zero-order valence-electron chi connectivity index (χ0n) is 10.2. The fourth-order valence-electron chi connectivity index (χ4n) is 0.385. The van der Waals surface area contributed by atoms with Crippen LogP contribution in [-0.2, 0) is 0 Å². The van der Waals surface area contributed by atoms with E-state index in [1.165, 1.54) is 6.42 Å². The van der Waals surface area contributed by atoms with Crippen molar-refractivity contribution in [3.63, 3.8) is 0 Å². The first-order valence-electron chi connectivity index (χ1n) is 5.41. The Kier molecular flexibility index (Phi) is 42.2. The molecule has 1 aromatic carbocycles. The van der Waals surface area contributed by atoms with E-state index in [2.05, 4.69) is 13.8 Å². The molecule has 13 heavy (non-hydrogen) atoms. The number of hydrogen-bond acceptors (Lipinski definition) is 0. The van der Waals surface area contributed by atoms with Gasteiger partial charge in [-0.05, 0) is 0 Å². The molecule has 0 amide bonds. The van der Waals surface area contributed by atoms with Crippen LogP contribution in [0.5, 0.6) is 0 Å². The zero-order valence-corrected chi connectivity index (χ0v) is 10.2. The number of benzene rings is 1. The molecule has 0 heterocycles. The van der Waals surface area contributed by atoms with Gasteiger partial charge in [-0.2, -0.15) is 0 Å². The molecule has 78 valence electrons. The maximum Gasteiger partial charge on any atom is -0.0590 e. The summed E-state index contributed by atoms with van der Waals surface area (Å²) in [7, 11) is 0. The Balaban J connectivity index is -0.000000124. The summed E-state index contributed by atoms with van der Waals surface area (Å²) in [6.45, 7) is 12.2. The molecule has 0 saturated carbocycles. The first-order chi connectivity index (χ1) is 6.41. The Hall–Kier alpha value is -0.780. The van der Waals surface area contributed by atoms with Gasteiger partial charge in [0.1, 0.15) is 0 Å². The van der Waals surface area contributed by atoms with Gasteiger partial charge in [-0.15, -0.1) is 0 Å². The summed E-state index contributed by atoms with van der Waals surface area (Å²) in [5, 5.41) is 0. The van der Waals surface area contributed by atoms with Crippen LogP contribution in [0.15, 0.2) is 36.4 Å². The molecule has 0 heteroatoms. The second-order valence-corrected chi connectivity index (χ2v) is 1.86. The lowest BCUT2D eigenvalue weighted by molar-refractivity contribution is 1.09. The summed E-state index contributed by atoms with van der Waals surface area (Å²) in [4.78, 5) is 0. The van der Waals surface area contributed by atoms with Crippen molar-refractivity contribution in [1.29, 1.82) is 0 Å². The highest BCUT2D eigenvalue weighted by Crippen LogP contribution is 1.79. The molecule has 0 spiro atoms. The van der Waals surface area contributed by atoms with Gasteiger partial charge in [-0.25, -0.2) is 0 Å². The van der Waals surface area contributed by atoms with Gasteiger partial charge in [0, 0.05) is 0 Å². The summed E-state index contributed by atoms with van der Waals surface area (Å²) in [6, 6.07) is 12.0. The number of rotatable bonds is 0. The van der Waals surface area contributed by atoms with Crippen LogP contribution in [0.25, 0.3) is 0 Å². The van der Waals surface area contributed by atoms with Crippen molar-refractivity contribution in [2.75, 3.05) is 0 Å². The molecular weight excluding hydrogens is 156 g/mol. The maximum atomic E-state index is 2.12. The highest BCUT2D eigenvalue weighted by atomic mass is 13.6. The molecule has 0 atom stereocenters. The van der Waals surface area contributed by atoms with Crippen LogP contribution in [0.2, 0.25) is 0 Å². The largest absolute Gasteiger partial charge is 0.0683 e. The van der Waals surface area contributed by atoms with Crippen LogP contribution in [0.4, 0.5) is 0 Å². The molecule has 0 saturated heterocycles. The smallest absolute Gasteiger partial charge is 0.0590 e. The summed E-state index contributed by atoms with van der Waals surface area (Å²) in [5.74, 6) is 0. The second-order valence-electron chi connectivity index (χ2n) is 1.86. The van der Waals surface area contributed by atoms with Gasteiger partial charge in [-0.3, -0.25) is 0 Å². The Labute approximate surface area is 85.0 Å². The van der Waals surface area contributed by atoms with Gasteiger partial charge in [0.15, 0.2) is 0 Å². The van der Waals surface area contributed by atoms with Crippen molar-refractivity contribution in [1.82, 2.24) is 0 Å². The average Bonchev–Trinajstić information content (AvgIpc) is 2.27. The third-order valence-corrected chi connectivity index (χ3v) is 0.667. The minimum absolute atomic E-state index is 1.25. The van der Waals surface area contributed by atoms with Crippen molar-refractivity contribution in [3.8, 4) is 0 Å². The molecule has 0 fully saturated rings. The van der Waals surface area contributed by atoms with Crippen LogP contribution < -0.4 is 0 Å². The first-order valence-corrected chi connectivity index (χ1v) is 5.41. The molecule has 0 unspecified atom stereocenters. The summed E-state index contributed by atoms with van der Waals surface area (Å²) in [6.07, 6.45) is 1.25. The van der Waals surface area contributed by atoms with E-state index in [0.717, 1.165) is 0 Å². The molecule has 0 aliphatic heterocycles. The minimum Gasteiger partial charge on any atom is -0.0683 e. The molecule has 1 aromatic rings. The van der Waals surface area contributed by atoms with E-state index in [0.29, 0.717) is 0 Å². The van der Waals surface area contributed by atoms with Crippen LogP contribution in [0, 0.1) is 0 Å². The van der Waals surface area contributed by atoms with Crippen molar-refractivity contribution >= 4 is 0 Å². The van der Waals surface area contributed by atoms with Crippen molar-refractivity contribution < 1.29 is 0 Å². The zero-order chi connectivity index (χ0) is 10.9. The van der Waals surface area contributed by atoms with E-state index in [1.807, 2.05) is 64.1 Å². The monoisotopic (exact) mass is 182 g/mol. The highest BCUT2D eigenvalue weighted by molar-refractivity contribution is 4.99. The fraction of sp³-hybridized carbons (Fsp3) is 0.538. The van der Waals surface area contributed by atoms with Gasteiger partial charge in [-0.1, -0.05) is 84.4 Å². The van der Waals surface area contributed by atoms with Crippen molar-refractivity contribution in [2.24, 2.45) is 0 Å². The van der Waals surface area contributed by atoms with Crippen LogP contribution in [0.1, 0.15) is 48.0 Å². The van der Waals surface area contributed by atoms with E-state index < -0.39 is 0 Å². The lowest BCUT2D eigenvalue weighted by Crippen LogP contribution is -1.47. The molecule has 0 aliphatic rings. The molecule has 1 rings (SSSR count). The van der Waals surface area contributed by atoms with Gasteiger partial charge in [0.05, 0.1) is 0 Å². The normalized spacial score (nSPS) is 6.00. The SMILES string of the molecule is CC.CC.CCC.c1ccccc1. The van der Waals surface area contributed by atoms with Gasteiger partial charge >= 0.3 is 0 Å². The molecule has 0 N–H and O–H groups in total. The van der Waals surface area contributed by atoms with Crippen LogP contribution in [-0.4, -0.2) is 0 Å². The van der Waals surface area contributed by atoms with Gasteiger partial charge < -0.3 is 0 Å². The van der Waals surface area contributed by atoms with E-state index in [9.17, 15) is 0 Å². The molecule has 0 aromatic heterocycles. The lowest BCUT2D eigenvalue weighted by atomic mass is 10.4. The lowest BCUT2D eigenvalue weighted by Gasteiger charge is -1.69.